The number of aromatic nitrogens is 2. The molecule has 84 valence electrons. The molecule has 1 heterocycles. The van der Waals surface area contributed by atoms with Crippen molar-refractivity contribution >= 4 is 23.1 Å². The molecule has 1 rings (SSSR count). The van der Waals surface area contributed by atoms with E-state index in [-0.39, 0.29) is 23.5 Å². The van der Waals surface area contributed by atoms with Crippen LogP contribution in [0.3, 0.4) is 0 Å². The van der Waals surface area contributed by atoms with E-state index >= 15 is 0 Å². The van der Waals surface area contributed by atoms with E-state index < -0.39 is 6.10 Å². The van der Waals surface area contributed by atoms with Crippen molar-refractivity contribution in [3.63, 3.8) is 0 Å². The number of rotatable bonds is 4. The molecule has 2 atom stereocenters. The number of hydrogen-bond donors (Lipinski definition) is 4. The van der Waals surface area contributed by atoms with Crippen LogP contribution < -0.4 is 11.1 Å². The Labute approximate surface area is 92.1 Å². The van der Waals surface area contributed by atoms with Gasteiger partial charge in [-0.15, -0.1) is 0 Å². The highest BCUT2D eigenvalue weighted by Crippen LogP contribution is 2.22. The van der Waals surface area contributed by atoms with Crippen LogP contribution in [0.25, 0.3) is 0 Å². The highest BCUT2D eigenvalue weighted by atomic mass is 35.5. The summed E-state index contributed by atoms with van der Waals surface area (Å²) in [5, 5.41) is 21.0. The van der Waals surface area contributed by atoms with Crippen molar-refractivity contribution in [2.75, 3.05) is 17.7 Å². The fourth-order valence-electron chi connectivity index (χ4n) is 0.959. The van der Waals surface area contributed by atoms with Crippen molar-refractivity contribution in [2.45, 2.75) is 19.1 Å². The molecule has 0 radical (unpaired) electrons. The predicted octanol–water partition coefficient (Wildman–Crippen LogP) is -0.134. The molecule has 0 saturated carbocycles. The predicted molar refractivity (Wildman–Crippen MR) is 57.6 cm³/mol. The van der Waals surface area contributed by atoms with Gasteiger partial charge in [0.25, 0.3) is 0 Å². The average molecular weight is 233 g/mol. The summed E-state index contributed by atoms with van der Waals surface area (Å²) in [6.07, 6.45) is 0.372. The standard InChI is InChI=1S/C8H13ClN4O2/c1-4(5(15)2-14)13-8-6(10)7(9)11-3-12-8/h3-5,14-15H,2,10H2,1H3,(H,11,12,13)/t4-,5+/m1/s1. The van der Waals surface area contributed by atoms with Crippen LogP contribution in [-0.2, 0) is 0 Å². The highest BCUT2D eigenvalue weighted by Gasteiger charge is 2.15. The number of aliphatic hydroxyl groups excluding tert-OH is 2. The van der Waals surface area contributed by atoms with Crippen molar-refractivity contribution in [2.24, 2.45) is 0 Å². The molecule has 0 fully saturated rings. The molecular formula is C8H13ClN4O2. The van der Waals surface area contributed by atoms with E-state index in [9.17, 15) is 5.11 Å². The Morgan fingerprint density at radius 1 is 1.60 bits per heavy atom. The maximum Gasteiger partial charge on any atom is 0.157 e. The first-order valence-electron chi connectivity index (χ1n) is 4.37. The summed E-state index contributed by atoms with van der Waals surface area (Å²) >= 11 is 5.68. The third-order valence-electron chi connectivity index (χ3n) is 1.96. The highest BCUT2D eigenvalue weighted by molar-refractivity contribution is 6.32. The van der Waals surface area contributed by atoms with Gasteiger partial charge in [0.05, 0.1) is 18.8 Å². The van der Waals surface area contributed by atoms with Gasteiger partial charge in [0.1, 0.15) is 12.0 Å². The molecule has 6 nitrogen and oxygen atoms in total. The van der Waals surface area contributed by atoms with Gasteiger partial charge in [-0.2, -0.15) is 0 Å². The van der Waals surface area contributed by atoms with Crippen LogP contribution in [0.2, 0.25) is 5.15 Å². The Balaban J connectivity index is 2.76. The smallest absolute Gasteiger partial charge is 0.157 e. The quantitative estimate of drug-likeness (QED) is 0.539. The molecular weight excluding hydrogens is 220 g/mol. The SMILES string of the molecule is C[C@@H](Nc1ncnc(Cl)c1N)[C@@H](O)CO. The third kappa shape index (κ3) is 2.92. The number of nitrogens with zero attached hydrogens (tertiary/aromatic N) is 2. The molecule has 0 unspecified atom stereocenters. The lowest BCUT2D eigenvalue weighted by Crippen LogP contribution is -2.34. The van der Waals surface area contributed by atoms with E-state index in [4.69, 9.17) is 22.4 Å². The van der Waals surface area contributed by atoms with Crippen LogP contribution in [0.1, 0.15) is 6.92 Å². The zero-order valence-corrected chi connectivity index (χ0v) is 8.94. The van der Waals surface area contributed by atoms with E-state index in [2.05, 4.69) is 15.3 Å². The summed E-state index contributed by atoms with van der Waals surface area (Å²) in [6, 6.07) is -0.386. The third-order valence-corrected chi connectivity index (χ3v) is 2.27. The molecule has 5 N–H and O–H groups in total. The Kier molecular flexibility index (Phi) is 4.07. The molecule has 0 bridgehead atoms. The minimum atomic E-state index is -0.891. The fourth-order valence-corrected chi connectivity index (χ4v) is 1.09. The Morgan fingerprint density at radius 3 is 2.87 bits per heavy atom. The molecule has 0 aromatic carbocycles. The van der Waals surface area contributed by atoms with Crippen LogP contribution in [0.5, 0.6) is 0 Å². The molecule has 1 aromatic heterocycles. The maximum absolute atomic E-state index is 9.32. The van der Waals surface area contributed by atoms with Gasteiger partial charge < -0.3 is 21.3 Å². The van der Waals surface area contributed by atoms with Gasteiger partial charge in [-0.3, -0.25) is 0 Å². The van der Waals surface area contributed by atoms with Crippen molar-refractivity contribution in [3.05, 3.63) is 11.5 Å². The topological polar surface area (TPSA) is 104 Å². The Bertz CT molecular complexity index is 336. The second-order valence-corrected chi connectivity index (χ2v) is 3.47. The first-order valence-corrected chi connectivity index (χ1v) is 4.75. The summed E-state index contributed by atoms with van der Waals surface area (Å²) in [5.41, 5.74) is 5.83. The lowest BCUT2D eigenvalue weighted by atomic mass is 10.2. The Hall–Kier alpha value is -1.11. The van der Waals surface area contributed by atoms with Crippen LogP contribution in [-0.4, -0.2) is 38.9 Å². The molecule has 0 amide bonds. The monoisotopic (exact) mass is 232 g/mol. The molecule has 15 heavy (non-hydrogen) atoms. The normalized spacial score (nSPS) is 14.7. The number of aliphatic hydroxyl groups is 2. The summed E-state index contributed by atoms with van der Waals surface area (Å²) < 4.78 is 0. The number of hydrogen-bond acceptors (Lipinski definition) is 6. The van der Waals surface area contributed by atoms with E-state index in [1.165, 1.54) is 6.33 Å². The first kappa shape index (κ1) is 12.0. The van der Waals surface area contributed by atoms with Gasteiger partial charge in [-0.05, 0) is 6.92 Å². The lowest BCUT2D eigenvalue weighted by Gasteiger charge is -2.19. The van der Waals surface area contributed by atoms with E-state index in [0.29, 0.717) is 5.82 Å². The molecule has 0 aliphatic rings. The fraction of sp³-hybridized carbons (Fsp3) is 0.500. The van der Waals surface area contributed by atoms with Gasteiger partial charge in [-0.25, -0.2) is 9.97 Å². The van der Waals surface area contributed by atoms with Gasteiger partial charge in [-0.1, -0.05) is 11.6 Å². The molecule has 1 aromatic rings. The van der Waals surface area contributed by atoms with E-state index in [1.807, 2.05) is 0 Å². The van der Waals surface area contributed by atoms with Crippen molar-refractivity contribution in [3.8, 4) is 0 Å². The second-order valence-electron chi connectivity index (χ2n) is 3.11. The van der Waals surface area contributed by atoms with Gasteiger partial charge in [0, 0.05) is 0 Å². The number of halogens is 1. The number of nitrogen functional groups attached to an aromatic ring is 1. The van der Waals surface area contributed by atoms with Crippen LogP contribution in [0.15, 0.2) is 6.33 Å². The Morgan fingerprint density at radius 2 is 2.27 bits per heavy atom. The number of nitrogens with one attached hydrogen (secondary N) is 1. The molecule has 0 spiro atoms. The molecule has 0 aliphatic heterocycles. The van der Waals surface area contributed by atoms with Gasteiger partial charge in [0.2, 0.25) is 0 Å². The van der Waals surface area contributed by atoms with Crippen LogP contribution in [0.4, 0.5) is 11.5 Å². The largest absolute Gasteiger partial charge is 0.394 e. The van der Waals surface area contributed by atoms with Crippen molar-refractivity contribution < 1.29 is 10.2 Å². The minimum absolute atomic E-state index is 0.151. The summed E-state index contributed by atoms with van der Waals surface area (Å²) in [4.78, 5) is 7.56. The van der Waals surface area contributed by atoms with Crippen LogP contribution >= 0.6 is 11.6 Å². The lowest BCUT2D eigenvalue weighted by molar-refractivity contribution is 0.0838. The van der Waals surface area contributed by atoms with Gasteiger partial charge in [0.15, 0.2) is 11.0 Å². The van der Waals surface area contributed by atoms with Crippen molar-refractivity contribution in [1.82, 2.24) is 9.97 Å². The summed E-state index contributed by atoms with van der Waals surface area (Å²) in [7, 11) is 0. The minimum Gasteiger partial charge on any atom is -0.394 e. The first-order chi connectivity index (χ1) is 7.06. The zero-order valence-electron chi connectivity index (χ0n) is 8.18. The van der Waals surface area contributed by atoms with E-state index in [1.54, 1.807) is 6.92 Å². The summed E-state index contributed by atoms with van der Waals surface area (Å²) in [6.45, 7) is 1.35. The summed E-state index contributed by atoms with van der Waals surface area (Å²) in [5.74, 6) is 0.343. The maximum atomic E-state index is 9.32. The average Bonchev–Trinajstić information content (AvgIpc) is 2.23. The number of anilines is 2. The second kappa shape index (κ2) is 5.11. The molecule has 7 heteroatoms. The van der Waals surface area contributed by atoms with E-state index in [0.717, 1.165) is 0 Å². The van der Waals surface area contributed by atoms with Gasteiger partial charge >= 0.3 is 0 Å². The van der Waals surface area contributed by atoms with Crippen molar-refractivity contribution in [1.29, 1.82) is 0 Å². The van der Waals surface area contributed by atoms with Crippen LogP contribution in [0, 0.1) is 0 Å². The molecule has 0 saturated heterocycles. The number of nitrogens with two attached hydrogens (primary N) is 1. The molecule has 0 aliphatic carbocycles. The zero-order chi connectivity index (χ0) is 11.4.